The lowest BCUT2D eigenvalue weighted by atomic mass is 10.1. The number of hydrogen-bond donors (Lipinski definition) is 2. The third-order valence-electron chi connectivity index (χ3n) is 3.54. The van der Waals surface area contributed by atoms with Gasteiger partial charge in [-0.3, -0.25) is 0 Å². The first-order valence-corrected chi connectivity index (χ1v) is 12.2. The highest BCUT2D eigenvalue weighted by Gasteiger charge is 2.26. The highest BCUT2D eigenvalue weighted by atomic mass is 28.3. The Morgan fingerprint density at radius 3 is 1.96 bits per heavy atom. The van der Waals surface area contributed by atoms with Crippen LogP contribution >= 0.6 is 0 Å². The molecule has 0 atom stereocenters. The largest absolute Gasteiger partial charge is 0.462 e. The summed E-state index contributed by atoms with van der Waals surface area (Å²) in [7, 11) is 1.23. The number of esters is 1. The molecule has 1 aromatic rings. The number of anilines is 2. The molecule has 0 amide bonds. The van der Waals surface area contributed by atoms with Gasteiger partial charge in [0.2, 0.25) is 0 Å². The molecule has 0 radical (unpaired) electrons. The van der Waals surface area contributed by atoms with Gasteiger partial charge >= 0.3 is 5.97 Å². The van der Waals surface area contributed by atoms with Gasteiger partial charge in [0.05, 0.1) is 58.9 Å². The van der Waals surface area contributed by atoms with Crippen molar-refractivity contribution < 1.29 is 19.0 Å². The lowest BCUT2D eigenvalue weighted by Gasteiger charge is -2.23. The van der Waals surface area contributed by atoms with Gasteiger partial charge in [-0.2, -0.15) is 0 Å². The predicted octanol–water partition coefficient (Wildman–Crippen LogP) is 2.45. The fraction of sp³-hybridized carbons (Fsp3) is 0.450. The van der Waals surface area contributed by atoms with Crippen LogP contribution in [-0.4, -0.2) is 48.0 Å². The Morgan fingerprint density at radius 1 is 1.00 bits per heavy atom. The summed E-state index contributed by atoms with van der Waals surface area (Å²) < 4.78 is 14.8. The quantitative estimate of drug-likeness (QED) is 0.425. The van der Waals surface area contributed by atoms with Crippen LogP contribution in [0.3, 0.4) is 0 Å². The second-order valence-electron chi connectivity index (χ2n) is 6.59. The van der Waals surface area contributed by atoms with E-state index in [1.165, 1.54) is 14.2 Å². The normalized spacial score (nSPS) is 9.85. The molecule has 0 saturated heterocycles. The van der Waals surface area contributed by atoms with Crippen LogP contribution in [0.4, 0.5) is 11.4 Å². The van der Waals surface area contributed by atoms with Gasteiger partial charge < -0.3 is 24.8 Å². The molecule has 27 heavy (non-hydrogen) atoms. The first-order valence-electron chi connectivity index (χ1n) is 8.70. The van der Waals surface area contributed by atoms with Crippen molar-refractivity contribution in [3.8, 4) is 24.1 Å². The van der Waals surface area contributed by atoms with E-state index in [1.807, 2.05) is 12.1 Å². The molecule has 0 aliphatic rings. The van der Waals surface area contributed by atoms with E-state index in [9.17, 15) is 4.79 Å². The second-order valence-corrected chi connectivity index (χ2v) is 11.6. The fourth-order valence-corrected chi connectivity index (χ4v) is 3.95. The zero-order valence-electron chi connectivity index (χ0n) is 16.9. The highest BCUT2D eigenvalue weighted by molar-refractivity contribution is 6.89. The summed E-state index contributed by atoms with van der Waals surface area (Å²) in [6.45, 7) is 9.50. The Labute approximate surface area is 163 Å². The van der Waals surface area contributed by atoms with E-state index in [0.29, 0.717) is 25.3 Å². The summed E-state index contributed by atoms with van der Waals surface area (Å²) in [4.78, 5) is 12.5. The van der Waals surface area contributed by atoms with E-state index >= 15 is 0 Å². The number of nitrogens with one attached hydrogen (secondary N) is 2. The maximum absolute atomic E-state index is 12.5. The van der Waals surface area contributed by atoms with E-state index in [1.54, 1.807) is 6.92 Å². The average Bonchev–Trinajstić information content (AvgIpc) is 2.62. The molecule has 2 N–H and O–H groups in total. The molecule has 146 valence electrons. The molecule has 0 aliphatic heterocycles. The van der Waals surface area contributed by atoms with E-state index in [-0.39, 0.29) is 5.97 Å². The van der Waals surface area contributed by atoms with Crippen molar-refractivity contribution in [3.63, 3.8) is 0 Å². The van der Waals surface area contributed by atoms with Crippen molar-refractivity contribution >= 4 is 30.6 Å². The van der Waals surface area contributed by atoms with Gasteiger partial charge in [0.25, 0.3) is 0 Å². The van der Waals surface area contributed by atoms with Gasteiger partial charge in [-0.25, -0.2) is 4.79 Å². The van der Waals surface area contributed by atoms with Gasteiger partial charge in [0.1, 0.15) is 12.2 Å². The molecule has 0 heterocycles. The molecular weight excluding hydrogens is 360 g/mol. The Balaban J connectivity index is 3.35. The molecule has 0 aromatic heterocycles. The molecule has 0 fully saturated rings. The maximum atomic E-state index is 12.5. The molecule has 1 rings (SSSR count). The molecule has 0 spiro atoms. The van der Waals surface area contributed by atoms with Crippen LogP contribution in [0.15, 0.2) is 12.1 Å². The summed E-state index contributed by atoms with van der Waals surface area (Å²) in [6.07, 6.45) is 5.09. The van der Waals surface area contributed by atoms with Crippen molar-refractivity contribution in [2.24, 2.45) is 0 Å². The van der Waals surface area contributed by atoms with E-state index in [0.717, 1.165) is 16.6 Å². The van der Waals surface area contributed by atoms with E-state index in [2.05, 4.69) is 54.3 Å². The Hall–Kier alpha value is -2.77. The smallest absolute Gasteiger partial charge is 0.338 e. The zero-order chi connectivity index (χ0) is 20.3. The Bertz CT molecular complexity index is 764. The molecule has 0 saturated carbocycles. The maximum Gasteiger partial charge on any atom is 0.338 e. The molecule has 0 aliphatic carbocycles. The third kappa shape index (κ3) is 7.16. The van der Waals surface area contributed by atoms with Crippen LogP contribution in [0.5, 0.6) is 0 Å². The Morgan fingerprint density at radius 2 is 1.52 bits per heavy atom. The van der Waals surface area contributed by atoms with Crippen LogP contribution in [0.25, 0.3) is 0 Å². The van der Waals surface area contributed by atoms with Crippen molar-refractivity contribution in [3.05, 3.63) is 17.7 Å². The molecule has 7 heteroatoms. The molecule has 0 bridgehead atoms. The zero-order valence-corrected chi connectivity index (χ0v) is 17.9. The summed E-state index contributed by atoms with van der Waals surface area (Å²) in [5.41, 5.74) is 2.20. The van der Waals surface area contributed by atoms with Crippen LogP contribution in [0.1, 0.15) is 17.3 Å². The van der Waals surface area contributed by atoms with Crippen LogP contribution in [0, 0.1) is 24.1 Å². The van der Waals surface area contributed by atoms with Gasteiger partial charge in [0.15, 0.2) is 0 Å². The number of ether oxygens (including phenoxy) is 3. The number of rotatable bonds is 7. The summed E-state index contributed by atoms with van der Waals surface area (Å²) >= 11 is 0. The van der Waals surface area contributed by atoms with Crippen molar-refractivity contribution in [1.29, 1.82) is 0 Å². The number of carbonyl (C=O) groups excluding carboxylic acids is 1. The highest BCUT2D eigenvalue weighted by Crippen LogP contribution is 2.25. The molecule has 6 nitrogen and oxygen atoms in total. The second kappa shape index (κ2) is 11.0. The Kier molecular flexibility index (Phi) is 9.11. The minimum absolute atomic E-state index is 0.313. The number of carbonyl (C=O) groups is 1. The van der Waals surface area contributed by atoms with Gasteiger partial charge in [0, 0.05) is 0 Å². The summed E-state index contributed by atoms with van der Waals surface area (Å²) in [5, 5.41) is 7.52. The monoisotopic (exact) mass is 388 g/mol. The van der Waals surface area contributed by atoms with Crippen molar-refractivity contribution in [2.45, 2.75) is 26.6 Å². The van der Waals surface area contributed by atoms with Crippen LogP contribution in [-0.2, 0) is 14.2 Å². The van der Waals surface area contributed by atoms with Crippen molar-refractivity contribution in [1.82, 2.24) is 0 Å². The minimum atomic E-state index is -1.80. The number of hydrogen-bond acceptors (Lipinski definition) is 6. The first-order chi connectivity index (χ1) is 12.8. The average molecular weight is 389 g/mol. The minimum Gasteiger partial charge on any atom is -0.462 e. The number of methoxy groups -OCH3 is 2. The SMILES string of the molecule is CCOC(=O)c1cc(NCC#COC)c(NCC#COC)cc1[Si](C)(C)C. The van der Waals surface area contributed by atoms with E-state index < -0.39 is 8.07 Å². The number of benzene rings is 1. The fourth-order valence-electron chi connectivity index (χ4n) is 2.39. The van der Waals surface area contributed by atoms with Crippen molar-refractivity contribution in [2.75, 3.05) is 44.5 Å². The molecular formula is C20H28N2O4Si. The van der Waals surface area contributed by atoms with Gasteiger partial charge in [-0.05, 0) is 36.1 Å². The summed E-state index contributed by atoms with van der Waals surface area (Å²) in [5.74, 6) is 5.39. The third-order valence-corrected chi connectivity index (χ3v) is 5.57. The van der Waals surface area contributed by atoms with Crippen LogP contribution in [0.2, 0.25) is 19.6 Å². The summed E-state index contributed by atoms with van der Waals surface area (Å²) in [6, 6.07) is 3.84. The predicted molar refractivity (Wildman–Crippen MR) is 112 cm³/mol. The standard InChI is InChI=1S/C20H28N2O4Si/c1-7-26-20(23)16-14-17(21-10-8-12-24-2)18(22-11-9-13-25-3)15-19(16)27(4,5)6/h14-15,21-22H,7,10-11H2,1-6H3. The van der Waals surface area contributed by atoms with Gasteiger partial charge in [-0.1, -0.05) is 19.6 Å². The topological polar surface area (TPSA) is 68.8 Å². The van der Waals surface area contributed by atoms with Gasteiger partial charge in [-0.15, -0.1) is 0 Å². The van der Waals surface area contributed by atoms with Crippen LogP contribution < -0.4 is 15.8 Å². The lowest BCUT2D eigenvalue weighted by molar-refractivity contribution is 0.0528. The molecule has 0 unspecified atom stereocenters. The molecule has 1 aromatic carbocycles. The lowest BCUT2D eigenvalue weighted by Crippen LogP contribution is -2.42. The van der Waals surface area contributed by atoms with E-state index in [4.69, 9.17) is 14.2 Å². The first kappa shape index (κ1) is 22.3.